The van der Waals surface area contributed by atoms with Crippen molar-refractivity contribution < 1.29 is 14.3 Å². The van der Waals surface area contributed by atoms with Crippen LogP contribution in [0.1, 0.15) is 38.7 Å². The van der Waals surface area contributed by atoms with Crippen molar-refractivity contribution in [2.75, 3.05) is 46.5 Å². The molecule has 5 rings (SSSR count). The van der Waals surface area contributed by atoms with Crippen molar-refractivity contribution in [2.45, 2.75) is 44.7 Å². The predicted molar refractivity (Wildman–Crippen MR) is 127 cm³/mol. The van der Waals surface area contributed by atoms with Crippen LogP contribution in [0.5, 0.6) is 5.88 Å². The Hall–Kier alpha value is -2.71. The third-order valence-electron chi connectivity index (χ3n) is 6.60. The zero-order valence-electron chi connectivity index (χ0n) is 19.9. The summed E-state index contributed by atoms with van der Waals surface area (Å²) in [6, 6.07) is 12.2. The van der Waals surface area contributed by atoms with Gasteiger partial charge in [0.15, 0.2) is 0 Å². The fraction of sp³-hybridized carbons (Fsp3) is 0.560. The number of amides is 2. The summed E-state index contributed by atoms with van der Waals surface area (Å²) in [5, 5.41) is 11.8. The number of hydrogen-bond donors (Lipinski definition) is 1. The van der Waals surface area contributed by atoms with Crippen LogP contribution in [0, 0.1) is 0 Å². The second kappa shape index (κ2) is 10.5. The van der Waals surface area contributed by atoms with Gasteiger partial charge in [0.05, 0.1) is 17.8 Å². The number of hydrogen-bond acceptors (Lipinski definition) is 6. The minimum Gasteiger partial charge on any atom is -0.477 e. The van der Waals surface area contributed by atoms with E-state index in [4.69, 9.17) is 9.47 Å². The number of piperidine rings is 1. The van der Waals surface area contributed by atoms with E-state index in [1.54, 1.807) is 7.11 Å². The highest BCUT2D eigenvalue weighted by Gasteiger charge is 2.34. The molecule has 1 aromatic heterocycles. The molecule has 3 fully saturated rings. The Bertz CT molecular complexity index is 926. The average molecular weight is 454 g/mol. The molecular weight excluding hydrogens is 418 g/mol. The van der Waals surface area contributed by atoms with Crippen LogP contribution in [0.2, 0.25) is 0 Å². The summed E-state index contributed by atoms with van der Waals surface area (Å²) in [7, 11) is 1.67. The first-order valence-corrected chi connectivity index (χ1v) is 11.8. The Morgan fingerprint density at radius 1 is 1.09 bits per heavy atom. The lowest BCUT2D eigenvalue weighted by atomic mass is 9.92. The van der Waals surface area contributed by atoms with Gasteiger partial charge in [0.25, 0.3) is 0 Å². The molecule has 3 saturated heterocycles. The molecule has 0 saturated carbocycles. The topological polar surface area (TPSA) is 79.8 Å². The molecule has 0 aliphatic carbocycles. The van der Waals surface area contributed by atoms with Gasteiger partial charge in [-0.15, -0.1) is 10.2 Å². The molecule has 178 valence electrons. The maximum atomic E-state index is 13.2. The van der Waals surface area contributed by atoms with Crippen LogP contribution in [0.25, 0.3) is 11.3 Å². The second-order valence-corrected chi connectivity index (χ2v) is 9.35. The SMILES string of the molecule is COCCCOc1ccc(-c2cccc(C(C)(C)NC(=O)N3CCN4CCC3CC4)c2)nn1. The lowest BCUT2D eigenvalue weighted by molar-refractivity contribution is 0.161. The summed E-state index contributed by atoms with van der Waals surface area (Å²) in [6.07, 6.45) is 2.93. The highest BCUT2D eigenvalue weighted by atomic mass is 16.5. The van der Waals surface area contributed by atoms with E-state index >= 15 is 0 Å². The number of methoxy groups -OCH3 is 1. The first-order chi connectivity index (χ1) is 16.0. The fourth-order valence-corrected chi connectivity index (χ4v) is 4.56. The van der Waals surface area contributed by atoms with E-state index in [0.29, 0.717) is 25.1 Å². The largest absolute Gasteiger partial charge is 0.477 e. The standard InChI is InChI=1S/C25H35N5O3/c1-25(2,26-24(31)30-15-14-29-12-10-21(30)11-13-29)20-7-4-6-19(18-20)22-8-9-23(28-27-22)33-17-5-16-32-3/h4,6-9,18,21H,5,10-17H2,1-3H3,(H,26,31). The van der Waals surface area contributed by atoms with Crippen LogP contribution in [-0.2, 0) is 10.3 Å². The molecule has 3 aliphatic rings. The normalized spacial score (nSPS) is 20.4. The fourth-order valence-electron chi connectivity index (χ4n) is 4.56. The molecule has 33 heavy (non-hydrogen) atoms. The van der Waals surface area contributed by atoms with Gasteiger partial charge in [-0.05, 0) is 44.4 Å². The predicted octanol–water partition coefficient (Wildman–Crippen LogP) is 3.28. The highest BCUT2D eigenvalue weighted by Crippen LogP contribution is 2.27. The maximum absolute atomic E-state index is 13.2. The molecule has 8 heteroatoms. The molecule has 4 heterocycles. The summed E-state index contributed by atoms with van der Waals surface area (Å²) in [6.45, 7) is 9.24. The van der Waals surface area contributed by atoms with E-state index in [1.807, 2.05) is 49.1 Å². The molecule has 2 bridgehead atoms. The van der Waals surface area contributed by atoms with Gasteiger partial charge in [0.1, 0.15) is 0 Å². The molecule has 1 N–H and O–H groups in total. The maximum Gasteiger partial charge on any atom is 0.318 e. The van der Waals surface area contributed by atoms with Crippen molar-refractivity contribution in [3.63, 3.8) is 0 Å². The van der Waals surface area contributed by atoms with Gasteiger partial charge >= 0.3 is 6.03 Å². The number of nitrogens with zero attached hydrogens (tertiary/aromatic N) is 4. The number of aromatic nitrogens is 2. The minimum atomic E-state index is -0.518. The summed E-state index contributed by atoms with van der Waals surface area (Å²) < 4.78 is 10.6. The molecule has 2 amide bonds. The van der Waals surface area contributed by atoms with E-state index in [2.05, 4.69) is 26.5 Å². The molecule has 0 radical (unpaired) electrons. The van der Waals surface area contributed by atoms with E-state index in [0.717, 1.165) is 62.3 Å². The summed E-state index contributed by atoms with van der Waals surface area (Å²) >= 11 is 0. The van der Waals surface area contributed by atoms with Gasteiger partial charge in [0.2, 0.25) is 5.88 Å². The second-order valence-electron chi connectivity index (χ2n) is 9.35. The van der Waals surface area contributed by atoms with E-state index in [-0.39, 0.29) is 6.03 Å². The third kappa shape index (κ3) is 5.81. The summed E-state index contributed by atoms with van der Waals surface area (Å²) in [4.78, 5) is 17.7. The first-order valence-electron chi connectivity index (χ1n) is 11.8. The van der Waals surface area contributed by atoms with Crippen LogP contribution in [0.15, 0.2) is 36.4 Å². The molecule has 2 aromatic rings. The van der Waals surface area contributed by atoms with Crippen LogP contribution in [-0.4, -0.2) is 78.6 Å². The van der Waals surface area contributed by atoms with Crippen molar-refractivity contribution in [2.24, 2.45) is 0 Å². The zero-order chi connectivity index (χ0) is 23.3. The van der Waals surface area contributed by atoms with Gasteiger partial charge in [-0.25, -0.2) is 4.79 Å². The van der Waals surface area contributed by atoms with Gasteiger partial charge in [-0.1, -0.05) is 18.2 Å². The Morgan fingerprint density at radius 2 is 1.91 bits per heavy atom. The highest BCUT2D eigenvalue weighted by molar-refractivity contribution is 5.76. The Balaban J connectivity index is 1.42. The number of urea groups is 1. The number of carbonyl (C=O) groups is 1. The Labute approximate surface area is 196 Å². The van der Waals surface area contributed by atoms with Gasteiger partial charge in [-0.3, -0.25) is 0 Å². The zero-order valence-corrected chi connectivity index (χ0v) is 19.9. The molecular formula is C25H35N5O3. The minimum absolute atomic E-state index is 0.0221. The number of fused-ring (bicyclic) bond motifs is 4. The van der Waals surface area contributed by atoms with Crippen molar-refractivity contribution in [3.05, 3.63) is 42.0 Å². The molecule has 3 aliphatic heterocycles. The van der Waals surface area contributed by atoms with Crippen molar-refractivity contribution in [1.29, 1.82) is 0 Å². The van der Waals surface area contributed by atoms with Gasteiger partial charge < -0.3 is 24.6 Å². The van der Waals surface area contributed by atoms with Gasteiger partial charge in [-0.2, -0.15) is 0 Å². The van der Waals surface area contributed by atoms with E-state index in [1.165, 1.54) is 0 Å². The average Bonchev–Trinajstić information content (AvgIpc) is 3.16. The third-order valence-corrected chi connectivity index (χ3v) is 6.60. The lowest BCUT2D eigenvalue weighted by Gasteiger charge is -2.35. The first kappa shape index (κ1) is 23.4. The van der Waals surface area contributed by atoms with Crippen LogP contribution in [0.3, 0.4) is 0 Å². The van der Waals surface area contributed by atoms with E-state index < -0.39 is 5.54 Å². The van der Waals surface area contributed by atoms with Gasteiger partial charge in [0, 0.05) is 64.0 Å². The molecule has 8 nitrogen and oxygen atoms in total. The summed E-state index contributed by atoms with van der Waals surface area (Å²) in [5.74, 6) is 0.501. The van der Waals surface area contributed by atoms with Crippen LogP contribution < -0.4 is 10.1 Å². The molecule has 0 spiro atoms. The quantitative estimate of drug-likeness (QED) is 0.618. The van der Waals surface area contributed by atoms with Crippen molar-refractivity contribution >= 4 is 6.03 Å². The van der Waals surface area contributed by atoms with Crippen molar-refractivity contribution in [1.82, 2.24) is 25.3 Å². The number of benzene rings is 1. The number of carbonyl (C=O) groups excluding carboxylic acids is 1. The summed E-state index contributed by atoms with van der Waals surface area (Å²) in [5.41, 5.74) is 2.23. The number of rotatable bonds is 8. The Morgan fingerprint density at radius 3 is 2.64 bits per heavy atom. The monoisotopic (exact) mass is 453 g/mol. The molecule has 0 unspecified atom stereocenters. The lowest BCUT2D eigenvalue weighted by Crippen LogP contribution is -2.52. The molecule has 1 aromatic carbocycles. The Kier molecular flexibility index (Phi) is 7.45. The van der Waals surface area contributed by atoms with E-state index in [9.17, 15) is 4.79 Å². The smallest absolute Gasteiger partial charge is 0.318 e. The number of nitrogens with one attached hydrogen (secondary N) is 1. The molecule has 0 atom stereocenters. The number of ether oxygens (including phenoxy) is 2. The van der Waals surface area contributed by atoms with Crippen LogP contribution >= 0.6 is 0 Å². The van der Waals surface area contributed by atoms with Crippen molar-refractivity contribution in [3.8, 4) is 17.1 Å². The van der Waals surface area contributed by atoms with Crippen LogP contribution in [0.4, 0.5) is 4.79 Å².